The van der Waals surface area contributed by atoms with Crippen LogP contribution in [0.5, 0.6) is 0 Å². The molecule has 9 rings (SSSR count). The van der Waals surface area contributed by atoms with Gasteiger partial charge in [0.05, 0.1) is 41.6 Å². The quantitative estimate of drug-likeness (QED) is 0.183. The number of benzene rings is 1. The number of piperazine rings is 1. The lowest BCUT2D eigenvalue weighted by atomic mass is 9.79. The van der Waals surface area contributed by atoms with E-state index < -0.39 is 6.04 Å². The number of aromatic nitrogens is 7. The predicted molar refractivity (Wildman–Crippen MR) is 217 cm³/mol. The van der Waals surface area contributed by atoms with Crippen molar-refractivity contribution in [2.45, 2.75) is 88.8 Å². The molecular weight excluding hydrogens is 733 g/mol. The van der Waals surface area contributed by atoms with Gasteiger partial charge in [0.2, 0.25) is 5.91 Å². The van der Waals surface area contributed by atoms with Crippen molar-refractivity contribution >= 4 is 40.0 Å². The lowest BCUT2D eigenvalue weighted by Crippen LogP contribution is -2.57. The van der Waals surface area contributed by atoms with Gasteiger partial charge in [0.15, 0.2) is 11.5 Å². The van der Waals surface area contributed by atoms with E-state index in [1.165, 1.54) is 50.4 Å². The van der Waals surface area contributed by atoms with E-state index in [4.69, 9.17) is 4.98 Å². The number of nitriles is 2. The second kappa shape index (κ2) is 15.9. The molecule has 16 nitrogen and oxygen atoms in total. The summed E-state index contributed by atoms with van der Waals surface area (Å²) in [6.07, 6.45) is 16.6. The number of urea groups is 1. The Bertz CT molecular complexity index is 2400. The standard InChI is InChI=1S/C42H46N14O2/c1-27(21-43)48-34-20-39(56-41-31(24-47-56)19-29(22-44)23-46-41)45-25-38(34)55-26-35(50-51-55)30-7-5-28(6-8-30)13-15-52-17-18-53(37-4-2-3-36(37)52)32-9-11-33(12-10-32)54-16-14-40(57)49-42(54)58/h9-12,19-20,23-28,30,36-37H,2-8,13-18H2,1H3,(H,45,48)(H,49,57,58)/t27-,28?,30?,36+,37-/m1/s1. The molecular formula is C42H46N14O2. The molecule has 4 aliphatic rings. The van der Waals surface area contributed by atoms with Crippen molar-refractivity contribution in [3.8, 4) is 23.6 Å². The van der Waals surface area contributed by atoms with E-state index in [0.717, 1.165) is 49.2 Å². The number of nitrogens with one attached hydrogen (secondary N) is 2. The van der Waals surface area contributed by atoms with Crippen molar-refractivity contribution in [2.75, 3.05) is 41.3 Å². The molecule has 0 spiro atoms. The van der Waals surface area contributed by atoms with E-state index in [1.54, 1.807) is 39.6 Å². The molecule has 0 radical (unpaired) electrons. The number of carbonyl (C=O) groups excluding carboxylic acids is 2. The van der Waals surface area contributed by atoms with E-state index in [0.29, 0.717) is 65.3 Å². The Kier molecular flexibility index (Phi) is 10.2. The van der Waals surface area contributed by atoms with E-state index >= 15 is 0 Å². The SMILES string of the molecule is C[C@H](C#N)Nc1cc(-n2ncc3cc(C#N)cnc32)ncc1-n1cc(C2CCC(CCN3CCN(c4ccc(N5CCC(=O)NC5=O)cc4)[C@@H]4CCC[C@@H]43)CC2)nn1. The highest BCUT2D eigenvalue weighted by molar-refractivity contribution is 6.05. The molecule has 296 valence electrons. The minimum Gasteiger partial charge on any atom is -0.368 e. The molecule has 2 aliphatic heterocycles. The number of rotatable bonds is 10. The zero-order chi connectivity index (χ0) is 39.8. The van der Waals surface area contributed by atoms with Crippen LogP contribution >= 0.6 is 0 Å². The second-order valence-electron chi connectivity index (χ2n) is 16.0. The third-order valence-corrected chi connectivity index (χ3v) is 12.5. The number of pyridine rings is 2. The first-order chi connectivity index (χ1) is 28.3. The largest absolute Gasteiger partial charge is 0.368 e. The van der Waals surface area contributed by atoms with Crippen LogP contribution < -0.4 is 20.4 Å². The fraction of sp³-hybridized carbons (Fsp3) is 0.452. The van der Waals surface area contributed by atoms with Crippen LogP contribution in [-0.4, -0.2) is 95.9 Å². The van der Waals surface area contributed by atoms with Gasteiger partial charge < -0.3 is 10.2 Å². The molecule has 0 unspecified atom stereocenters. The molecule has 2 N–H and O–H groups in total. The van der Waals surface area contributed by atoms with Crippen LogP contribution in [0.3, 0.4) is 0 Å². The summed E-state index contributed by atoms with van der Waals surface area (Å²) in [5, 5.41) is 38.9. The summed E-state index contributed by atoms with van der Waals surface area (Å²) in [5.74, 6) is 1.33. The van der Waals surface area contributed by atoms with E-state index in [1.807, 2.05) is 24.4 Å². The lowest BCUT2D eigenvalue weighted by Gasteiger charge is -2.46. The van der Waals surface area contributed by atoms with Crippen molar-refractivity contribution < 1.29 is 9.59 Å². The van der Waals surface area contributed by atoms with Gasteiger partial charge in [0.25, 0.3) is 0 Å². The van der Waals surface area contributed by atoms with Crippen molar-refractivity contribution in [3.63, 3.8) is 0 Å². The van der Waals surface area contributed by atoms with Crippen molar-refractivity contribution in [1.29, 1.82) is 10.5 Å². The van der Waals surface area contributed by atoms with Gasteiger partial charge in [-0.15, -0.1) is 5.10 Å². The third kappa shape index (κ3) is 7.31. The molecule has 2 saturated heterocycles. The van der Waals surface area contributed by atoms with Crippen LogP contribution in [0.1, 0.15) is 81.9 Å². The van der Waals surface area contributed by atoms with E-state index in [-0.39, 0.29) is 11.9 Å². The molecule has 3 atom stereocenters. The van der Waals surface area contributed by atoms with Gasteiger partial charge in [0, 0.05) is 73.1 Å². The first-order valence-corrected chi connectivity index (χ1v) is 20.4. The van der Waals surface area contributed by atoms with Gasteiger partial charge in [-0.3, -0.25) is 19.9 Å². The predicted octanol–water partition coefficient (Wildman–Crippen LogP) is 5.45. The average Bonchev–Trinajstić information content (AvgIpc) is 4.04. The second-order valence-corrected chi connectivity index (χ2v) is 16.0. The molecule has 5 aromatic rings. The van der Waals surface area contributed by atoms with Gasteiger partial charge in [-0.2, -0.15) is 20.3 Å². The highest BCUT2D eigenvalue weighted by Gasteiger charge is 2.40. The van der Waals surface area contributed by atoms with Crippen LogP contribution in [-0.2, 0) is 4.79 Å². The minimum atomic E-state index is -0.467. The summed E-state index contributed by atoms with van der Waals surface area (Å²) in [6.45, 7) is 5.38. The smallest absolute Gasteiger partial charge is 0.328 e. The fourth-order valence-corrected chi connectivity index (χ4v) is 9.45. The number of anilines is 3. The monoisotopic (exact) mass is 778 g/mol. The Hall–Kier alpha value is -6.39. The van der Waals surface area contributed by atoms with Crippen LogP contribution in [0.2, 0.25) is 0 Å². The maximum Gasteiger partial charge on any atom is 0.328 e. The maximum absolute atomic E-state index is 12.4. The van der Waals surface area contributed by atoms with Gasteiger partial charge in [-0.05, 0) is 101 Å². The van der Waals surface area contributed by atoms with Gasteiger partial charge >= 0.3 is 6.03 Å². The topological polar surface area (TPSA) is 190 Å². The highest BCUT2D eigenvalue weighted by atomic mass is 16.2. The average molecular weight is 779 g/mol. The highest BCUT2D eigenvalue weighted by Crippen LogP contribution is 2.39. The van der Waals surface area contributed by atoms with E-state index in [9.17, 15) is 20.1 Å². The number of imide groups is 1. The van der Waals surface area contributed by atoms with Gasteiger partial charge in [-0.1, -0.05) is 5.21 Å². The minimum absolute atomic E-state index is 0.218. The molecule has 6 heterocycles. The first-order valence-electron chi connectivity index (χ1n) is 20.4. The maximum atomic E-state index is 12.4. The Balaban J connectivity index is 0.806. The number of fused-ring (bicyclic) bond motifs is 2. The van der Waals surface area contributed by atoms with E-state index in [2.05, 4.69) is 65.1 Å². The Morgan fingerprint density at radius 3 is 2.53 bits per heavy atom. The lowest BCUT2D eigenvalue weighted by molar-refractivity contribution is -0.120. The Morgan fingerprint density at radius 1 is 0.931 bits per heavy atom. The van der Waals surface area contributed by atoms with Crippen LogP contribution in [0, 0.1) is 28.6 Å². The molecule has 3 amide bonds. The first kappa shape index (κ1) is 37.2. The fourth-order valence-electron chi connectivity index (χ4n) is 9.45. The Morgan fingerprint density at radius 2 is 1.74 bits per heavy atom. The summed E-state index contributed by atoms with van der Waals surface area (Å²) >= 11 is 0. The zero-order valence-electron chi connectivity index (χ0n) is 32.5. The summed E-state index contributed by atoms with van der Waals surface area (Å²) in [7, 11) is 0. The molecule has 1 aromatic carbocycles. The van der Waals surface area contributed by atoms with Crippen molar-refractivity contribution in [2.24, 2.45) is 5.92 Å². The zero-order valence-corrected chi connectivity index (χ0v) is 32.5. The number of carbonyl (C=O) groups is 2. The Labute approximate surface area is 336 Å². The number of amides is 3. The van der Waals surface area contributed by atoms with Crippen LogP contribution in [0.4, 0.5) is 21.9 Å². The summed E-state index contributed by atoms with van der Waals surface area (Å²) < 4.78 is 3.36. The molecule has 4 fully saturated rings. The third-order valence-electron chi connectivity index (χ3n) is 12.5. The van der Waals surface area contributed by atoms with Crippen LogP contribution in [0.15, 0.2) is 61.2 Å². The molecule has 2 aliphatic carbocycles. The molecule has 0 bridgehead atoms. The molecule has 4 aromatic heterocycles. The number of nitrogens with zero attached hydrogens (tertiary/aromatic N) is 12. The molecule has 2 saturated carbocycles. The molecule has 16 heteroatoms. The van der Waals surface area contributed by atoms with Crippen LogP contribution in [0.25, 0.3) is 22.5 Å². The summed E-state index contributed by atoms with van der Waals surface area (Å²) in [4.78, 5) is 40.1. The van der Waals surface area contributed by atoms with Gasteiger partial charge in [0.1, 0.15) is 17.8 Å². The van der Waals surface area contributed by atoms with Crippen molar-refractivity contribution in [3.05, 3.63) is 72.4 Å². The van der Waals surface area contributed by atoms with Crippen molar-refractivity contribution in [1.82, 2.24) is 45.0 Å². The normalized spacial score (nSPS) is 22.9. The summed E-state index contributed by atoms with van der Waals surface area (Å²) in [5.41, 5.74) is 5.39. The summed E-state index contributed by atoms with van der Waals surface area (Å²) in [6, 6.07) is 16.5. The molecule has 58 heavy (non-hydrogen) atoms. The number of hydrogen-bond donors (Lipinski definition) is 2. The number of hydrogen-bond acceptors (Lipinski definition) is 12. The van der Waals surface area contributed by atoms with Gasteiger partial charge in [-0.25, -0.2) is 19.4 Å².